The van der Waals surface area contributed by atoms with Gasteiger partial charge in [-0.3, -0.25) is 9.59 Å². The molecule has 1 amide bonds. The van der Waals surface area contributed by atoms with E-state index in [1.54, 1.807) is 0 Å². The van der Waals surface area contributed by atoms with Crippen LogP contribution in [-0.2, 0) is 20.7 Å². The first-order valence-corrected chi connectivity index (χ1v) is 12.3. The number of aliphatic hydroxyl groups excluding tert-OH is 1. The maximum absolute atomic E-state index is 12.3. The van der Waals surface area contributed by atoms with Crippen molar-refractivity contribution in [1.29, 1.82) is 0 Å². The Hall–Kier alpha value is -2.14. The van der Waals surface area contributed by atoms with Crippen LogP contribution in [0.3, 0.4) is 0 Å². The van der Waals surface area contributed by atoms with Gasteiger partial charge in [-0.25, -0.2) is 0 Å². The maximum Gasteiger partial charge on any atom is 0.305 e. The Morgan fingerprint density at radius 3 is 2.66 bits per heavy atom. The highest BCUT2D eigenvalue weighted by molar-refractivity contribution is 5.79. The fraction of sp³-hybridized carbons (Fsp3) is 0.630. The first-order chi connectivity index (χ1) is 15.5. The summed E-state index contributed by atoms with van der Waals surface area (Å²) in [6.07, 6.45) is 13.4. The third-order valence-electron chi connectivity index (χ3n) is 6.46. The van der Waals surface area contributed by atoms with Crippen molar-refractivity contribution in [1.82, 2.24) is 4.90 Å². The molecule has 1 heterocycles. The van der Waals surface area contributed by atoms with E-state index in [0.717, 1.165) is 64.3 Å². The molecule has 0 radical (unpaired) electrons. The molecule has 2 rings (SSSR count). The van der Waals surface area contributed by atoms with Crippen LogP contribution in [0.4, 0.5) is 0 Å². The molecular formula is C27H41NO4. The van der Waals surface area contributed by atoms with Crippen molar-refractivity contribution >= 4 is 11.9 Å². The average Bonchev–Trinajstić information content (AvgIpc) is 3.16. The van der Waals surface area contributed by atoms with Crippen molar-refractivity contribution in [2.75, 3.05) is 13.7 Å². The Kier molecular flexibility index (Phi) is 12.1. The Balaban J connectivity index is 1.65. The number of benzene rings is 1. The van der Waals surface area contributed by atoms with Gasteiger partial charge in [0.25, 0.3) is 0 Å². The number of hydrogen-bond donors (Lipinski definition) is 1. The average molecular weight is 444 g/mol. The van der Waals surface area contributed by atoms with Gasteiger partial charge < -0.3 is 14.7 Å². The topological polar surface area (TPSA) is 66.8 Å². The van der Waals surface area contributed by atoms with Gasteiger partial charge in [-0.05, 0) is 50.0 Å². The van der Waals surface area contributed by atoms with E-state index in [0.29, 0.717) is 12.8 Å². The number of carbonyl (C=O) groups excluding carboxylic acids is 2. The summed E-state index contributed by atoms with van der Waals surface area (Å²) in [5, 5.41) is 10.6. The summed E-state index contributed by atoms with van der Waals surface area (Å²) in [7, 11) is 1.42. The number of likely N-dealkylation sites (tertiary alicyclic amines) is 1. The van der Waals surface area contributed by atoms with Crippen LogP contribution in [0, 0.1) is 5.92 Å². The summed E-state index contributed by atoms with van der Waals surface area (Å²) in [6, 6.07) is 10.6. The molecule has 1 unspecified atom stereocenters. The summed E-state index contributed by atoms with van der Waals surface area (Å²) in [4.78, 5) is 25.4. The molecule has 5 nitrogen and oxygen atoms in total. The Morgan fingerprint density at radius 1 is 1.16 bits per heavy atom. The number of ether oxygens (including phenoxy) is 1. The molecule has 1 aromatic rings. The second kappa shape index (κ2) is 14.8. The van der Waals surface area contributed by atoms with E-state index in [-0.39, 0.29) is 23.8 Å². The lowest BCUT2D eigenvalue weighted by atomic mass is 9.95. The van der Waals surface area contributed by atoms with Crippen molar-refractivity contribution in [3.63, 3.8) is 0 Å². The summed E-state index contributed by atoms with van der Waals surface area (Å²) in [5.74, 6) is 0.258. The maximum atomic E-state index is 12.3. The van der Waals surface area contributed by atoms with E-state index >= 15 is 0 Å². The zero-order chi connectivity index (χ0) is 23.2. The number of hydrogen-bond acceptors (Lipinski definition) is 4. The highest BCUT2D eigenvalue weighted by Crippen LogP contribution is 2.22. The van der Waals surface area contributed by atoms with Crippen LogP contribution in [0.5, 0.6) is 0 Å². The monoisotopic (exact) mass is 443 g/mol. The number of amides is 1. The molecular weight excluding hydrogens is 402 g/mol. The van der Waals surface area contributed by atoms with Crippen LogP contribution in [0.25, 0.3) is 0 Å². The minimum Gasteiger partial charge on any atom is -0.469 e. The molecule has 1 aliphatic rings. The van der Waals surface area contributed by atoms with Crippen LogP contribution in [0.2, 0.25) is 0 Å². The number of methoxy groups -OCH3 is 1. The molecule has 0 aliphatic carbocycles. The van der Waals surface area contributed by atoms with Gasteiger partial charge >= 0.3 is 5.97 Å². The van der Waals surface area contributed by atoms with Gasteiger partial charge in [0, 0.05) is 19.4 Å². The van der Waals surface area contributed by atoms with Crippen molar-refractivity contribution in [2.24, 2.45) is 5.92 Å². The van der Waals surface area contributed by atoms with E-state index in [9.17, 15) is 14.7 Å². The second-order valence-electron chi connectivity index (χ2n) is 9.02. The van der Waals surface area contributed by atoms with Crippen molar-refractivity contribution in [2.45, 2.75) is 89.7 Å². The molecule has 1 fully saturated rings. The van der Waals surface area contributed by atoms with E-state index < -0.39 is 6.10 Å². The molecule has 0 saturated carbocycles. The first kappa shape index (κ1) is 26.1. The van der Waals surface area contributed by atoms with E-state index in [1.807, 2.05) is 23.1 Å². The van der Waals surface area contributed by atoms with Gasteiger partial charge in [-0.15, -0.1) is 0 Å². The fourth-order valence-electron chi connectivity index (χ4n) is 4.30. The van der Waals surface area contributed by atoms with Gasteiger partial charge in [-0.2, -0.15) is 0 Å². The lowest BCUT2D eigenvalue weighted by Gasteiger charge is -2.23. The van der Waals surface area contributed by atoms with Crippen LogP contribution >= 0.6 is 0 Å². The van der Waals surface area contributed by atoms with E-state index in [4.69, 9.17) is 0 Å². The molecule has 178 valence electrons. The standard InChI is InChI=1S/C27H41NO4/c1-22(12-9-10-15-23-13-6-5-7-14-23)25(29)19-17-24-18-20-26(30)28(24)21-11-4-3-8-16-27(31)32-2/h5-7,13-14,17,19,22,24-25,29H,3-4,8-12,15-16,18,20-21H2,1-2H3/t22-,24?,25-/m1/s1. The third-order valence-corrected chi connectivity index (χ3v) is 6.46. The zero-order valence-electron chi connectivity index (χ0n) is 19.9. The summed E-state index contributed by atoms with van der Waals surface area (Å²) in [5.41, 5.74) is 1.37. The lowest BCUT2D eigenvalue weighted by molar-refractivity contribution is -0.140. The van der Waals surface area contributed by atoms with Crippen LogP contribution < -0.4 is 0 Å². The normalized spacial score (nSPS) is 18.3. The minimum atomic E-state index is -0.470. The zero-order valence-corrected chi connectivity index (χ0v) is 19.9. The molecule has 1 saturated heterocycles. The predicted molar refractivity (Wildman–Crippen MR) is 128 cm³/mol. The number of esters is 1. The van der Waals surface area contributed by atoms with Gasteiger partial charge in [0.15, 0.2) is 0 Å². The van der Waals surface area contributed by atoms with Gasteiger partial charge in [0.05, 0.1) is 19.3 Å². The quantitative estimate of drug-likeness (QED) is 0.234. The SMILES string of the molecule is COC(=O)CCCCCCN1C(=O)CCC1C=C[C@@H](O)[C@H](C)CCCCc1ccccc1. The highest BCUT2D eigenvalue weighted by Gasteiger charge is 2.28. The molecule has 1 aromatic carbocycles. The Morgan fingerprint density at radius 2 is 1.91 bits per heavy atom. The third kappa shape index (κ3) is 9.56. The Labute approximate surface area is 193 Å². The molecule has 0 aromatic heterocycles. The summed E-state index contributed by atoms with van der Waals surface area (Å²) in [6.45, 7) is 2.85. The van der Waals surface area contributed by atoms with Crippen LogP contribution in [-0.4, -0.2) is 47.7 Å². The molecule has 5 heteroatoms. The number of nitrogens with zero attached hydrogens (tertiary/aromatic N) is 1. The smallest absolute Gasteiger partial charge is 0.305 e. The number of unbranched alkanes of at least 4 members (excludes halogenated alkanes) is 4. The van der Waals surface area contributed by atoms with Crippen molar-refractivity contribution in [3.8, 4) is 0 Å². The van der Waals surface area contributed by atoms with Crippen molar-refractivity contribution in [3.05, 3.63) is 48.0 Å². The molecule has 1 N–H and O–H groups in total. The number of aryl methyl sites for hydroxylation is 1. The molecule has 0 spiro atoms. The highest BCUT2D eigenvalue weighted by atomic mass is 16.5. The molecule has 3 atom stereocenters. The predicted octanol–water partition coefficient (Wildman–Crippen LogP) is 5.07. The van der Waals surface area contributed by atoms with Crippen LogP contribution in [0.15, 0.2) is 42.5 Å². The lowest BCUT2D eigenvalue weighted by Crippen LogP contribution is -2.33. The Bertz CT molecular complexity index is 703. The van der Waals surface area contributed by atoms with Gasteiger partial charge in [-0.1, -0.05) is 68.7 Å². The van der Waals surface area contributed by atoms with Gasteiger partial charge in [0.2, 0.25) is 5.91 Å². The van der Waals surface area contributed by atoms with E-state index in [1.165, 1.54) is 12.7 Å². The molecule has 1 aliphatic heterocycles. The minimum absolute atomic E-state index is 0.0949. The van der Waals surface area contributed by atoms with E-state index in [2.05, 4.69) is 35.9 Å². The van der Waals surface area contributed by atoms with Crippen LogP contribution in [0.1, 0.15) is 76.7 Å². The largest absolute Gasteiger partial charge is 0.469 e. The number of rotatable bonds is 15. The second-order valence-corrected chi connectivity index (χ2v) is 9.02. The number of aliphatic hydroxyl groups is 1. The summed E-state index contributed by atoms with van der Waals surface area (Å²) >= 11 is 0. The molecule has 0 bridgehead atoms. The number of carbonyl (C=O) groups is 2. The van der Waals surface area contributed by atoms with Gasteiger partial charge in [0.1, 0.15) is 0 Å². The fourth-order valence-corrected chi connectivity index (χ4v) is 4.30. The summed E-state index contributed by atoms with van der Waals surface area (Å²) < 4.78 is 4.65. The molecule has 32 heavy (non-hydrogen) atoms. The van der Waals surface area contributed by atoms with Crippen molar-refractivity contribution < 1.29 is 19.4 Å². The first-order valence-electron chi connectivity index (χ1n) is 12.3.